The number of hydrogen-bond donors (Lipinski definition) is 3. The van der Waals surface area contributed by atoms with Crippen molar-refractivity contribution in [2.24, 2.45) is 11.8 Å². The molecule has 0 spiro atoms. The predicted molar refractivity (Wildman–Crippen MR) is 108 cm³/mol. The number of rotatable bonds is 4. The summed E-state index contributed by atoms with van der Waals surface area (Å²) in [6, 6.07) is 9.81. The first-order valence-corrected chi connectivity index (χ1v) is 9.58. The van der Waals surface area contributed by atoms with Crippen LogP contribution in [0, 0.1) is 11.8 Å². The quantitative estimate of drug-likeness (QED) is 0.637. The molecule has 2 amide bonds. The van der Waals surface area contributed by atoms with Gasteiger partial charge in [0.2, 0.25) is 11.8 Å². The number of methoxy groups -OCH3 is 1. The molecule has 2 saturated heterocycles. The number of nitrogens with zero attached hydrogens (tertiary/aromatic N) is 1. The third-order valence-electron chi connectivity index (χ3n) is 5.87. The number of hydrogen-bond acceptors (Lipinski definition) is 6. The Hall–Kier alpha value is -3.10. The highest BCUT2D eigenvalue weighted by Crippen LogP contribution is 2.51. The fourth-order valence-electron chi connectivity index (χ4n) is 4.38. The van der Waals surface area contributed by atoms with Crippen LogP contribution in [-0.4, -0.2) is 40.6 Å². The molecule has 2 aliphatic rings. The summed E-state index contributed by atoms with van der Waals surface area (Å²) in [6.07, 6.45) is 0. The maximum absolute atomic E-state index is 13.4. The lowest BCUT2D eigenvalue weighted by Crippen LogP contribution is -2.53. The molecule has 2 aromatic rings. The minimum atomic E-state index is -1.72. The van der Waals surface area contributed by atoms with E-state index in [9.17, 15) is 24.6 Å². The van der Waals surface area contributed by atoms with E-state index in [-0.39, 0.29) is 17.0 Å². The van der Waals surface area contributed by atoms with Crippen LogP contribution < -0.4 is 15.0 Å². The van der Waals surface area contributed by atoms with Gasteiger partial charge in [0.05, 0.1) is 24.6 Å². The fourth-order valence-corrected chi connectivity index (χ4v) is 4.57. The van der Waals surface area contributed by atoms with E-state index in [0.717, 1.165) is 4.90 Å². The molecule has 0 saturated carbocycles. The van der Waals surface area contributed by atoms with Crippen molar-refractivity contribution >= 4 is 35.1 Å². The number of aromatic hydroxyl groups is 1. The number of ether oxygens (including phenoxy) is 1. The first kappa shape index (κ1) is 20.2. The second-order valence-corrected chi connectivity index (χ2v) is 7.99. The van der Waals surface area contributed by atoms with Crippen LogP contribution in [0.2, 0.25) is 5.02 Å². The van der Waals surface area contributed by atoms with Gasteiger partial charge >= 0.3 is 5.97 Å². The zero-order chi connectivity index (χ0) is 21.8. The molecule has 0 aliphatic carbocycles. The maximum Gasteiger partial charge on any atom is 0.324 e. The van der Waals surface area contributed by atoms with Crippen molar-refractivity contribution in [2.45, 2.75) is 18.5 Å². The van der Waals surface area contributed by atoms with Gasteiger partial charge in [-0.25, -0.2) is 4.90 Å². The van der Waals surface area contributed by atoms with Crippen LogP contribution in [0.25, 0.3) is 0 Å². The second kappa shape index (κ2) is 7.00. The summed E-state index contributed by atoms with van der Waals surface area (Å²) in [5.74, 6) is -4.37. The summed E-state index contributed by atoms with van der Waals surface area (Å²) >= 11 is 6.02. The van der Waals surface area contributed by atoms with Crippen molar-refractivity contribution in [1.82, 2.24) is 5.32 Å². The van der Waals surface area contributed by atoms with Gasteiger partial charge in [0.25, 0.3) is 0 Å². The molecule has 30 heavy (non-hydrogen) atoms. The van der Waals surface area contributed by atoms with Gasteiger partial charge in [-0.1, -0.05) is 17.7 Å². The largest absolute Gasteiger partial charge is 0.508 e. The number of aliphatic carboxylic acids is 1. The number of carboxylic acid groups (broad SMARTS) is 1. The molecule has 3 N–H and O–H groups in total. The van der Waals surface area contributed by atoms with Crippen molar-refractivity contribution in [3.05, 3.63) is 53.1 Å². The molecule has 2 fully saturated rings. The van der Waals surface area contributed by atoms with Gasteiger partial charge < -0.3 is 14.9 Å². The van der Waals surface area contributed by atoms with Crippen molar-refractivity contribution in [3.8, 4) is 11.5 Å². The lowest BCUT2D eigenvalue weighted by atomic mass is 9.80. The minimum Gasteiger partial charge on any atom is -0.508 e. The molecule has 8 nitrogen and oxygen atoms in total. The summed E-state index contributed by atoms with van der Waals surface area (Å²) in [5, 5.41) is 23.6. The SMILES string of the molecule is COc1ccc(O)c([C@@H]2N[C@](C)(C(=O)O)[C@H]3C(=O)N(c4cccc(Cl)c4)C(=O)[C@H]23)c1. The number of carbonyl (C=O) groups is 3. The number of nitrogens with one attached hydrogen (secondary N) is 1. The molecule has 2 heterocycles. The topological polar surface area (TPSA) is 116 Å². The smallest absolute Gasteiger partial charge is 0.324 e. The molecule has 0 aromatic heterocycles. The van der Waals surface area contributed by atoms with Crippen LogP contribution in [-0.2, 0) is 14.4 Å². The molecule has 2 aliphatic heterocycles. The van der Waals surface area contributed by atoms with Crippen molar-refractivity contribution in [3.63, 3.8) is 0 Å². The fraction of sp³-hybridized carbons (Fsp3) is 0.286. The van der Waals surface area contributed by atoms with Crippen LogP contribution in [0.5, 0.6) is 11.5 Å². The molecule has 4 atom stereocenters. The highest BCUT2D eigenvalue weighted by atomic mass is 35.5. The summed E-state index contributed by atoms with van der Waals surface area (Å²) < 4.78 is 5.20. The summed E-state index contributed by atoms with van der Waals surface area (Å²) in [4.78, 5) is 39.8. The Morgan fingerprint density at radius 1 is 1.20 bits per heavy atom. The molecule has 2 aromatic carbocycles. The van der Waals surface area contributed by atoms with E-state index < -0.39 is 41.2 Å². The summed E-state index contributed by atoms with van der Waals surface area (Å²) in [7, 11) is 1.45. The maximum atomic E-state index is 13.4. The van der Waals surface area contributed by atoms with Gasteiger partial charge in [0.1, 0.15) is 17.0 Å². The number of amides is 2. The second-order valence-electron chi connectivity index (χ2n) is 7.55. The Balaban J connectivity index is 1.86. The molecule has 156 valence electrons. The van der Waals surface area contributed by atoms with Gasteiger partial charge in [-0.15, -0.1) is 0 Å². The lowest BCUT2D eigenvalue weighted by molar-refractivity contribution is -0.147. The molecular weight excluding hydrogens is 412 g/mol. The van der Waals surface area contributed by atoms with E-state index in [1.807, 2.05) is 0 Å². The van der Waals surface area contributed by atoms with Crippen molar-refractivity contribution in [1.29, 1.82) is 0 Å². The van der Waals surface area contributed by atoms with Gasteiger partial charge in [0.15, 0.2) is 0 Å². The van der Waals surface area contributed by atoms with Crippen LogP contribution in [0.3, 0.4) is 0 Å². The van der Waals surface area contributed by atoms with E-state index >= 15 is 0 Å². The molecular formula is C21H19ClN2O6. The Morgan fingerprint density at radius 3 is 2.57 bits per heavy atom. The average Bonchev–Trinajstić information content (AvgIpc) is 3.16. The van der Waals surface area contributed by atoms with Gasteiger partial charge in [-0.05, 0) is 43.3 Å². The van der Waals surface area contributed by atoms with Gasteiger partial charge in [-0.2, -0.15) is 0 Å². The van der Waals surface area contributed by atoms with E-state index in [0.29, 0.717) is 10.8 Å². The Bertz CT molecular complexity index is 1070. The third-order valence-corrected chi connectivity index (χ3v) is 6.10. The van der Waals surface area contributed by atoms with Crippen LogP contribution in [0.4, 0.5) is 5.69 Å². The summed E-state index contributed by atoms with van der Waals surface area (Å²) in [5.41, 5.74) is -1.16. The first-order chi connectivity index (χ1) is 14.2. The Labute approximate surface area is 177 Å². The molecule has 0 unspecified atom stereocenters. The number of carboxylic acids is 1. The number of imide groups is 1. The zero-order valence-corrected chi connectivity index (χ0v) is 16.9. The van der Waals surface area contributed by atoms with Crippen LogP contribution >= 0.6 is 11.6 Å². The highest BCUT2D eigenvalue weighted by Gasteiger charge is 2.67. The van der Waals surface area contributed by atoms with Gasteiger partial charge in [0, 0.05) is 16.6 Å². The number of fused-ring (bicyclic) bond motifs is 1. The predicted octanol–water partition coefficient (Wildman–Crippen LogP) is 2.35. The zero-order valence-electron chi connectivity index (χ0n) is 16.1. The summed E-state index contributed by atoms with van der Waals surface area (Å²) in [6.45, 7) is 1.37. The molecule has 4 rings (SSSR count). The Morgan fingerprint density at radius 2 is 1.93 bits per heavy atom. The molecule has 0 radical (unpaired) electrons. The van der Waals surface area contributed by atoms with E-state index in [4.69, 9.17) is 16.3 Å². The Kier molecular flexibility index (Phi) is 4.71. The normalized spacial score (nSPS) is 28.0. The monoisotopic (exact) mass is 430 g/mol. The van der Waals surface area contributed by atoms with Crippen LogP contribution in [0.1, 0.15) is 18.5 Å². The number of phenolic OH excluding ortho intramolecular Hbond substituents is 1. The first-order valence-electron chi connectivity index (χ1n) is 9.20. The molecule has 9 heteroatoms. The van der Waals surface area contributed by atoms with Crippen molar-refractivity contribution < 1.29 is 29.3 Å². The standard InChI is InChI=1S/C21H19ClN2O6/c1-21(20(28)29)16-15(17(23-21)13-9-12(30-2)6-7-14(13)25)18(26)24(19(16)27)11-5-3-4-10(22)8-11/h3-9,15-17,23,25H,1-2H3,(H,28,29)/t15-,16+,17-,21-/m0/s1. The van der Waals surface area contributed by atoms with Crippen LogP contribution in [0.15, 0.2) is 42.5 Å². The highest BCUT2D eigenvalue weighted by molar-refractivity contribution is 6.31. The number of carbonyl (C=O) groups excluding carboxylic acids is 2. The average molecular weight is 431 g/mol. The minimum absolute atomic E-state index is 0.136. The van der Waals surface area contributed by atoms with E-state index in [2.05, 4.69) is 5.32 Å². The number of benzene rings is 2. The van der Waals surface area contributed by atoms with E-state index in [1.165, 1.54) is 32.2 Å². The van der Waals surface area contributed by atoms with E-state index in [1.54, 1.807) is 24.3 Å². The number of anilines is 1. The third kappa shape index (κ3) is 2.83. The number of phenols is 1. The van der Waals surface area contributed by atoms with Gasteiger partial charge in [-0.3, -0.25) is 19.7 Å². The number of halogens is 1. The van der Waals surface area contributed by atoms with Crippen molar-refractivity contribution in [2.75, 3.05) is 12.0 Å². The lowest BCUT2D eigenvalue weighted by Gasteiger charge is -2.27. The molecule has 0 bridgehead atoms.